The van der Waals surface area contributed by atoms with Gasteiger partial charge in [-0.05, 0) is 72.8 Å². The number of aliphatic imine (C=N–C) groups is 2. The molecule has 6 aromatic rings. The summed E-state index contributed by atoms with van der Waals surface area (Å²) in [6.07, 6.45) is -3.47. The van der Waals surface area contributed by atoms with Crippen molar-refractivity contribution in [2.24, 2.45) is 15.1 Å². The van der Waals surface area contributed by atoms with Crippen molar-refractivity contribution in [2.75, 3.05) is 6.54 Å². The summed E-state index contributed by atoms with van der Waals surface area (Å²) < 4.78 is 102. The predicted molar refractivity (Wildman–Crippen MR) is 196 cm³/mol. The Labute approximate surface area is 324 Å². The number of hydrogen-bond acceptors (Lipinski definition) is 8. The Hall–Kier alpha value is -6.39. The topological polar surface area (TPSA) is 97.9 Å². The first kappa shape index (κ1) is 37.5. The molecule has 8 rings (SSSR count). The Bertz CT molecular complexity index is 2520. The summed E-state index contributed by atoms with van der Waals surface area (Å²) in [7, 11) is 0. The molecule has 0 spiro atoms. The molecule has 0 N–H and O–H groups in total. The standard InChI is InChI=1S/C40H25ClF7N8O/c41-25-11-7-23(8-12-25)33-17-13-26(52-54-33)20-56(21-27-14-18-34(55-53-27)24-9-15-28(16-10-24)57-40(46,47)48)22-36-35(19-49-56)50-39(51-36,29-3-1-5-31(42)37(29)44)30-4-2-6-32(43)38(30)45/h1-19H,20-22H2/q+1. The van der Waals surface area contributed by atoms with Gasteiger partial charge in [0, 0.05) is 27.3 Å². The third-order valence-corrected chi connectivity index (χ3v) is 9.53. The van der Waals surface area contributed by atoms with Crippen LogP contribution in [0.25, 0.3) is 22.5 Å². The molecule has 1 unspecified atom stereocenters. The minimum Gasteiger partial charge on any atom is -0.406 e. The van der Waals surface area contributed by atoms with Gasteiger partial charge in [-0.25, -0.2) is 27.5 Å². The molecule has 0 radical (unpaired) electrons. The van der Waals surface area contributed by atoms with Gasteiger partial charge in [0.25, 0.3) is 0 Å². The van der Waals surface area contributed by atoms with Crippen LogP contribution in [0.5, 0.6) is 5.75 Å². The third-order valence-electron chi connectivity index (χ3n) is 9.27. The Morgan fingerprint density at radius 1 is 0.632 bits per heavy atom. The lowest BCUT2D eigenvalue weighted by molar-refractivity contribution is -0.952. The number of aromatic nitrogens is 4. The van der Waals surface area contributed by atoms with E-state index in [9.17, 15) is 22.0 Å². The number of fused-ring (bicyclic) bond motifs is 1. The lowest BCUT2D eigenvalue weighted by atomic mass is 9.91. The lowest BCUT2D eigenvalue weighted by Gasteiger charge is -2.33. The SMILES string of the molecule is Fc1cccc(C2(c3cccc(F)c3F)N=C3C=N[N+](Cc4ccc(-c5ccc(Cl)cc5)nn4)(Cc4ccc(-c5ccc(OC(F)(F)F)cc5)nn4)CC3=N2)c1F. The molecule has 9 nitrogen and oxygen atoms in total. The van der Waals surface area contributed by atoms with E-state index in [2.05, 4.69) is 30.1 Å². The highest BCUT2D eigenvalue weighted by atomic mass is 35.5. The van der Waals surface area contributed by atoms with Crippen molar-refractivity contribution in [2.45, 2.75) is 25.1 Å². The van der Waals surface area contributed by atoms with Gasteiger partial charge in [-0.15, -0.1) is 23.4 Å². The van der Waals surface area contributed by atoms with Gasteiger partial charge in [-0.1, -0.05) is 53.1 Å². The molecule has 4 heterocycles. The second-order valence-corrected chi connectivity index (χ2v) is 13.6. The van der Waals surface area contributed by atoms with Crippen LogP contribution in [-0.4, -0.2) is 55.5 Å². The highest BCUT2D eigenvalue weighted by molar-refractivity contribution is 6.64. The largest absolute Gasteiger partial charge is 0.573 e. The maximum Gasteiger partial charge on any atom is 0.573 e. The first-order valence-electron chi connectivity index (χ1n) is 17.1. The number of hydrogen-bond donors (Lipinski definition) is 0. The fraction of sp³-hybridized carbons (Fsp3) is 0.125. The van der Waals surface area contributed by atoms with E-state index in [1.807, 2.05) is 0 Å². The van der Waals surface area contributed by atoms with Crippen LogP contribution in [0.1, 0.15) is 22.5 Å². The second-order valence-electron chi connectivity index (χ2n) is 13.1. The van der Waals surface area contributed by atoms with E-state index in [1.54, 1.807) is 48.5 Å². The first-order valence-corrected chi connectivity index (χ1v) is 17.4. The maximum atomic E-state index is 15.6. The van der Waals surface area contributed by atoms with E-state index < -0.39 is 52.2 Å². The van der Waals surface area contributed by atoms with E-state index in [-0.39, 0.29) is 35.6 Å². The number of halogens is 8. The molecular weight excluding hydrogens is 777 g/mol. The number of rotatable bonds is 9. The summed E-state index contributed by atoms with van der Waals surface area (Å²) >= 11 is 6.05. The van der Waals surface area contributed by atoms with Crippen molar-refractivity contribution in [1.29, 1.82) is 0 Å². The van der Waals surface area contributed by atoms with Crippen molar-refractivity contribution in [3.05, 3.63) is 160 Å². The number of alkyl halides is 3. The molecule has 2 aromatic heterocycles. The summed E-state index contributed by atoms with van der Waals surface area (Å²) in [5.41, 5.74) is 0.386. The molecule has 0 fully saturated rings. The summed E-state index contributed by atoms with van der Waals surface area (Å²) in [6.45, 7) is 0.108. The monoisotopic (exact) mass is 801 g/mol. The molecule has 0 bridgehead atoms. The van der Waals surface area contributed by atoms with Crippen molar-refractivity contribution >= 4 is 29.2 Å². The highest BCUT2D eigenvalue weighted by Crippen LogP contribution is 2.43. The summed E-state index contributed by atoms with van der Waals surface area (Å²) in [5.74, 6) is -5.52. The van der Waals surface area contributed by atoms with Crippen molar-refractivity contribution in [3.63, 3.8) is 0 Å². The molecule has 286 valence electrons. The fourth-order valence-corrected chi connectivity index (χ4v) is 6.79. The summed E-state index contributed by atoms with van der Waals surface area (Å²) in [6, 6.07) is 25.7. The first-order chi connectivity index (χ1) is 27.3. The van der Waals surface area contributed by atoms with Crippen molar-refractivity contribution in [3.8, 4) is 28.3 Å². The zero-order valence-electron chi connectivity index (χ0n) is 29.1. The van der Waals surface area contributed by atoms with Crippen LogP contribution in [0.2, 0.25) is 5.02 Å². The molecule has 4 aromatic carbocycles. The zero-order chi connectivity index (χ0) is 40.0. The van der Waals surface area contributed by atoms with Gasteiger partial charge < -0.3 is 4.74 Å². The van der Waals surface area contributed by atoms with E-state index in [0.717, 1.165) is 29.8 Å². The van der Waals surface area contributed by atoms with Crippen molar-refractivity contribution < 1.29 is 40.1 Å². The molecule has 0 aliphatic carbocycles. The van der Waals surface area contributed by atoms with E-state index in [0.29, 0.717) is 33.4 Å². The zero-order valence-corrected chi connectivity index (χ0v) is 29.9. The highest BCUT2D eigenvalue weighted by Gasteiger charge is 2.48. The predicted octanol–water partition coefficient (Wildman–Crippen LogP) is 9.02. The van der Waals surface area contributed by atoms with Crippen LogP contribution < -0.4 is 4.74 Å². The summed E-state index contributed by atoms with van der Waals surface area (Å²) in [4.78, 5) is 9.33. The molecular formula is C40H25ClF7N8O+. The number of ether oxygens (including phenoxy) is 1. The molecule has 2 aliphatic rings. The minimum absolute atomic E-state index is 0.0460. The normalized spacial score (nSPS) is 17.2. The third kappa shape index (κ3) is 7.60. The molecule has 2 aliphatic heterocycles. The Balaban J connectivity index is 1.16. The smallest absolute Gasteiger partial charge is 0.406 e. The van der Waals surface area contributed by atoms with Gasteiger partial charge in [0.15, 0.2) is 23.3 Å². The molecule has 0 amide bonds. The van der Waals surface area contributed by atoms with Crippen LogP contribution in [-0.2, 0) is 18.8 Å². The molecule has 0 saturated carbocycles. The number of benzene rings is 4. The summed E-state index contributed by atoms with van der Waals surface area (Å²) in [5, 5.41) is 22.9. The Kier molecular flexibility index (Phi) is 9.61. The number of quaternary nitrogens is 1. The van der Waals surface area contributed by atoms with E-state index in [1.165, 1.54) is 42.6 Å². The second kappa shape index (κ2) is 14.6. The average molecular weight is 802 g/mol. The van der Waals surface area contributed by atoms with Gasteiger partial charge in [0.1, 0.15) is 54.4 Å². The van der Waals surface area contributed by atoms with Crippen LogP contribution >= 0.6 is 11.6 Å². The molecule has 57 heavy (non-hydrogen) atoms. The Morgan fingerprint density at radius 3 is 1.65 bits per heavy atom. The maximum absolute atomic E-state index is 15.6. The van der Waals surface area contributed by atoms with Gasteiger partial charge >= 0.3 is 6.36 Å². The number of nitrogens with zero attached hydrogens (tertiary/aromatic N) is 8. The molecule has 17 heteroatoms. The molecule has 0 saturated heterocycles. The van der Waals surface area contributed by atoms with Crippen LogP contribution in [0, 0.1) is 23.3 Å². The Morgan fingerprint density at radius 2 is 1.16 bits per heavy atom. The van der Waals surface area contributed by atoms with Gasteiger partial charge in [-0.2, -0.15) is 14.8 Å². The quantitative estimate of drug-likeness (QED) is 0.107. The van der Waals surface area contributed by atoms with Crippen LogP contribution in [0.4, 0.5) is 30.7 Å². The van der Waals surface area contributed by atoms with Gasteiger partial charge in [-0.3, -0.25) is 0 Å². The lowest BCUT2D eigenvalue weighted by Crippen LogP contribution is -2.50. The van der Waals surface area contributed by atoms with Gasteiger partial charge in [0.05, 0.1) is 11.4 Å². The van der Waals surface area contributed by atoms with E-state index in [4.69, 9.17) is 21.7 Å². The fourth-order valence-electron chi connectivity index (χ4n) is 6.66. The minimum atomic E-state index is -4.84. The van der Waals surface area contributed by atoms with Crippen LogP contribution in [0.3, 0.4) is 0 Å². The van der Waals surface area contributed by atoms with Gasteiger partial charge in [0.2, 0.25) is 5.66 Å². The average Bonchev–Trinajstić information content (AvgIpc) is 3.56. The van der Waals surface area contributed by atoms with Crippen LogP contribution in [0.15, 0.2) is 124 Å². The van der Waals surface area contributed by atoms with Crippen molar-refractivity contribution in [1.82, 2.24) is 20.4 Å². The van der Waals surface area contributed by atoms with E-state index >= 15 is 8.78 Å². The molecule has 1 atom stereocenters.